The lowest BCUT2D eigenvalue weighted by Gasteiger charge is -2.48. The summed E-state index contributed by atoms with van der Waals surface area (Å²) in [6, 6.07) is 12.3. The lowest BCUT2D eigenvalue weighted by molar-refractivity contribution is -0.308. The van der Waals surface area contributed by atoms with Crippen LogP contribution in [0.2, 0.25) is 5.02 Å². The third-order valence-electron chi connectivity index (χ3n) is 7.65. The molecule has 6 atom stereocenters. The highest BCUT2D eigenvalue weighted by atomic mass is 35.5. The molecule has 0 saturated carbocycles. The Morgan fingerprint density at radius 3 is 2.48 bits per heavy atom. The van der Waals surface area contributed by atoms with Crippen LogP contribution in [-0.4, -0.2) is 67.4 Å². The molecule has 15 heteroatoms. The maximum absolute atomic E-state index is 14.1. The molecule has 46 heavy (non-hydrogen) atoms. The standard InChI is InChI=1S/C31H24ClF3N6O4S/c1-42-29-27(41-13-22(39-40-41)17-7-20(33)25(35)21(34)8-17)28-23(14-43-30(45-28)16-5-3-2-4-6-16)44-31(29)46-24-9-19(32)12-38-26(24)18-10-36-15-37-11-18/h2-13,15,23,27-31H,14H2,1H3/t23?,27?,28-,29-,30?,31+/m0/s1. The molecular weight excluding hydrogens is 645 g/mol. The fraction of sp³-hybridized carbons (Fsp3) is 0.258. The molecule has 5 aromatic rings. The number of halogens is 4. The topological polar surface area (TPSA) is 106 Å². The lowest BCUT2D eigenvalue weighted by Crippen LogP contribution is -2.59. The summed E-state index contributed by atoms with van der Waals surface area (Å²) in [7, 11) is 1.54. The van der Waals surface area contributed by atoms with Gasteiger partial charge in [-0.1, -0.05) is 58.9 Å². The fourth-order valence-corrected chi connectivity index (χ4v) is 7.08. The summed E-state index contributed by atoms with van der Waals surface area (Å²) in [5, 5.41) is 8.89. The first kappa shape index (κ1) is 30.7. The van der Waals surface area contributed by atoms with E-state index in [9.17, 15) is 13.2 Å². The van der Waals surface area contributed by atoms with Crippen molar-refractivity contribution in [2.24, 2.45) is 0 Å². The Bertz CT molecular complexity index is 1820. The molecule has 0 spiro atoms. The van der Waals surface area contributed by atoms with Crippen LogP contribution in [0.3, 0.4) is 0 Å². The van der Waals surface area contributed by atoms with Gasteiger partial charge < -0.3 is 18.9 Å². The number of ether oxygens (including phenoxy) is 4. The summed E-state index contributed by atoms with van der Waals surface area (Å²) in [5.41, 5.74) is 1.54. The van der Waals surface area contributed by atoms with E-state index in [1.165, 1.54) is 42.3 Å². The SMILES string of the molecule is CO[C@H]1C(n2cc(-c3cc(F)c(F)c(F)c3)nn2)[C@H]2OC(c3ccccc3)OCC2O[C@@H]1Sc1cc(Cl)cnc1-c1cncnc1. The third-order valence-corrected chi connectivity index (χ3v) is 9.03. The number of nitrogens with zero attached hydrogens (tertiary/aromatic N) is 6. The fourth-order valence-electron chi connectivity index (χ4n) is 5.52. The Morgan fingerprint density at radius 1 is 0.978 bits per heavy atom. The first-order valence-corrected chi connectivity index (χ1v) is 15.3. The van der Waals surface area contributed by atoms with Gasteiger partial charge in [0, 0.05) is 47.3 Å². The van der Waals surface area contributed by atoms with Crippen LogP contribution in [0, 0.1) is 17.5 Å². The van der Waals surface area contributed by atoms with Gasteiger partial charge in [-0.15, -0.1) is 5.10 Å². The molecule has 0 radical (unpaired) electrons. The second-order valence-electron chi connectivity index (χ2n) is 10.5. The zero-order valence-electron chi connectivity index (χ0n) is 23.9. The monoisotopic (exact) mass is 668 g/mol. The molecule has 236 valence electrons. The van der Waals surface area contributed by atoms with Gasteiger partial charge in [-0.2, -0.15) is 0 Å². The van der Waals surface area contributed by atoms with Crippen molar-refractivity contribution < 1.29 is 32.1 Å². The van der Waals surface area contributed by atoms with E-state index < -0.39 is 53.5 Å². The Labute approximate surface area is 269 Å². The van der Waals surface area contributed by atoms with Crippen LogP contribution in [-0.2, 0) is 18.9 Å². The van der Waals surface area contributed by atoms with Crippen molar-refractivity contribution in [1.29, 1.82) is 0 Å². The van der Waals surface area contributed by atoms with Crippen molar-refractivity contribution in [3.8, 4) is 22.5 Å². The van der Waals surface area contributed by atoms with Gasteiger partial charge in [-0.25, -0.2) is 27.8 Å². The van der Waals surface area contributed by atoms with Gasteiger partial charge in [-0.3, -0.25) is 4.98 Å². The molecule has 3 unspecified atom stereocenters. The maximum atomic E-state index is 14.1. The molecule has 2 aliphatic rings. The van der Waals surface area contributed by atoms with Gasteiger partial charge in [0.25, 0.3) is 0 Å². The molecular formula is C31H24ClF3N6O4S. The molecule has 5 heterocycles. The lowest BCUT2D eigenvalue weighted by atomic mass is 9.95. The predicted molar refractivity (Wildman–Crippen MR) is 160 cm³/mol. The quantitative estimate of drug-likeness (QED) is 0.190. The number of pyridine rings is 1. The summed E-state index contributed by atoms with van der Waals surface area (Å²) in [4.78, 5) is 13.4. The number of methoxy groups -OCH3 is 1. The molecule has 0 amide bonds. The van der Waals surface area contributed by atoms with Crippen LogP contribution in [0.1, 0.15) is 17.9 Å². The highest BCUT2D eigenvalue weighted by Gasteiger charge is 2.52. The van der Waals surface area contributed by atoms with Gasteiger partial charge in [0.15, 0.2) is 23.7 Å². The second kappa shape index (κ2) is 13.1. The van der Waals surface area contributed by atoms with E-state index >= 15 is 0 Å². The predicted octanol–water partition coefficient (Wildman–Crippen LogP) is 6.06. The van der Waals surface area contributed by atoms with Gasteiger partial charge in [0.1, 0.15) is 41.8 Å². The second-order valence-corrected chi connectivity index (χ2v) is 12.1. The summed E-state index contributed by atoms with van der Waals surface area (Å²) in [5.74, 6) is -4.24. The van der Waals surface area contributed by atoms with Crippen LogP contribution in [0.4, 0.5) is 13.2 Å². The smallest absolute Gasteiger partial charge is 0.194 e. The van der Waals surface area contributed by atoms with E-state index in [1.54, 1.807) is 18.5 Å². The summed E-state index contributed by atoms with van der Waals surface area (Å²) >= 11 is 7.71. The number of hydrogen-bond donors (Lipinski definition) is 0. The number of hydrogen-bond acceptors (Lipinski definition) is 10. The highest BCUT2D eigenvalue weighted by Crippen LogP contribution is 2.46. The Hall–Kier alpha value is -3.92. The third kappa shape index (κ3) is 5.99. The normalized spacial score (nSPS) is 24.5. The number of benzene rings is 2. The van der Waals surface area contributed by atoms with Crippen molar-refractivity contribution in [3.63, 3.8) is 0 Å². The van der Waals surface area contributed by atoms with E-state index in [-0.39, 0.29) is 17.9 Å². The summed E-state index contributed by atoms with van der Waals surface area (Å²) < 4.78 is 68.7. The van der Waals surface area contributed by atoms with Gasteiger partial charge >= 0.3 is 0 Å². The van der Waals surface area contributed by atoms with Crippen molar-refractivity contribution in [2.45, 2.75) is 41.0 Å². The first-order valence-electron chi connectivity index (χ1n) is 14.0. The van der Waals surface area contributed by atoms with Gasteiger partial charge in [0.05, 0.1) is 23.5 Å². The zero-order chi connectivity index (χ0) is 31.8. The minimum absolute atomic E-state index is 0.0148. The summed E-state index contributed by atoms with van der Waals surface area (Å²) in [6.45, 7) is 0.178. The molecule has 2 fully saturated rings. The largest absolute Gasteiger partial charge is 0.375 e. The summed E-state index contributed by atoms with van der Waals surface area (Å²) in [6.07, 6.45) is 5.10. The van der Waals surface area contributed by atoms with Crippen LogP contribution in [0.15, 0.2) is 84.5 Å². The van der Waals surface area contributed by atoms with E-state index in [0.717, 1.165) is 17.7 Å². The number of aromatic nitrogens is 6. The Kier molecular flexibility index (Phi) is 8.72. The van der Waals surface area contributed by atoms with Crippen molar-refractivity contribution in [3.05, 3.63) is 108 Å². The molecule has 0 bridgehead atoms. The van der Waals surface area contributed by atoms with Crippen LogP contribution in [0.5, 0.6) is 0 Å². The highest BCUT2D eigenvalue weighted by molar-refractivity contribution is 8.00. The molecule has 2 aliphatic heterocycles. The maximum Gasteiger partial charge on any atom is 0.194 e. The number of thioether (sulfide) groups is 1. The molecule has 0 N–H and O–H groups in total. The van der Waals surface area contributed by atoms with E-state index in [2.05, 4.69) is 25.3 Å². The van der Waals surface area contributed by atoms with Gasteiger partial charge in [0.2, 0.25) is 0 Å². The molecule has 2 aromatic carbocycles. The Morgan fingerprint density at radius 2 is 1.74 bits per heavy atom. The zero-order valence-corrected chi connectivity index (χ0v) is 25.5. The van der Waals surface area contributed by atoms with E-state index in [0.29, 0.717) is 21.2 Å². The first-order chi connectivity index (χ1) is 22.4. The number of fused-ring (bicyclic) bond motifs is 1. The molecule has 0 aliphatic carbocycles. The van der Waals surface area contributed by atoms with E-state index in [1.807, 2.05) is 30.3 Å². The molecule has 7 rings (SSSR count). The van der Waals surface area contributed by atoms with Gasteiger partial charge in [-0.05, 0) is 18.2 Å². The average molecular weight is 669 g/mol. The Balaban J connectivity index is 1.27. The minimum Gasteiger partial charge on any atom is -0.375 e. The van der Waals surface area contributed by atoms with Crippen molar-refractivity contribution in [1.82, 2.24) is 29.9 Å². The molecule has 3 aromatic heterocycles. The number of rotatable bonds is 7. The van der Waals surface area contributed by atoms with Crippen LogP contribution in [0.25, 0.3) is 22.5 Å². The minimum atomic E-state index is -1.57. The van der Waals surface area contributed by atoms with Crippen LogP contribution < -0.4 is 0 Å². The molecule has 10 nitrogen and oxygen atoms in total. The van der Waals surface area contributed by atoms with E-state index in [4.69, 9.17) is 30.5 Å². The molecule has 2 saturated heterocycles. The van der Waals surface area contributed by atoms with Crippen molar-refractivity contribution >= 4 is 23.4 Å². The average Bonchev–Trinajstić information content (AvgIpc) is 3.57. The van der Waals surface area contributed by atoms with Crippen molar-refractivity contribution in [2.75, 3.05) is 13.7 Å². The van der Waals surface area contributed by atoms with Crippen LogP contribution >= 0.6 is 23.4 Å².